The highest BCUT2D eigenvalue weighted by atomic mass is 16.5. The van der Waals surface area contributed by atoms with E-state index >= 15 is 0 Å². The van der Waals surface area contributed by atoms with Gasteiger partial charge in [0.05, 0.1) is 24.4 Å². The van der Waals surface area contributed by atoms with Gasteiger partial charge in [-0.2, -0.15) is 0 Å². The molecular weight excluding hydrogens is 216 g/mol. The second kappa shape index (κ2) is 4.05. The maximum atomic E-state index is 10.6. The molecular formula is C13H12N2O2. The average molecular weight is 228 g/mol. The number of hydrogen-bond acceptors (Lipinski definition) is 3. The van der Waals surface area contributed by atoms with Crippen LogP contribution >= 0.6 is 0 Å². The van der Waals surface area contributed by atoms with Crippen LogP contribution in [0.1, 0.15) is 27.8 Å². The van der Waals surface area contributed by atoms with Crippen molar-refractivity contribution in [2.24, 2.45) is 0 Å². The van der Waals surface area contributed by atoms with Crippen LogP contribution in [0.15, 0.2) is 30.5 Å². The van der Waals surface area contributed by atoms with E-state index in [4.69, 9.17) is 4.74 Å². The van der Waals surface area contributed by atoms with Gasteiger partial charge >= 0.3 is 0 Å². The van der Waals surface area contributed by atoms with Crippen LogP contribution in [0.4, 0.5) is 0 Å². The maximum Gasteiger partial charge on any atom is 0.167 e. The normalized spacial score (nSPS) is 18.2. The van der Waals surface area contributed by atoms with E-state index in [9.17, 15) is 4.79 Å². The molecule has 1 atom stereocenters. The monoisotopic (exact) mass is 228 g/mol. The van der Waals surface area contributed by atoms with Gasteiger partial charge in [-0.05, 0) is 18.1 Å². The highest BCUT2D eigenvalue weighted by Gasteiger charge is 2.23. The summed E-state index contributed by atoms with van der Waals surface area (Å²) in [5, 5.41) is 0. The highest BCUT2D eigenvalue weighted by molar-refractivity contribution is 5.71. The lowest BCUT2D eigenvalue weighted by Gasteiger charge is -2.23. The fourth-order valence-corrected chi connectivity index (χ4v) is 2.12. The molecule has 0 aliphatic carbocycles. The summed E-state index contributed by atoms with van der Waals surface area (Å²) in [7, 11) is 0. The van der Waals surface area contributed by atoms with Crippen molar-refractivity contribution in [3.05, 3.63) is 47.5 Å². The van der Waals surface area contributed by atoms with E-state index in [0.717, 1.165) is 24.3 Å². The van der Waals surface area contributed by atoms with E-state index in [0.29, 0.717) is 12.3 Å². The molecule has 1 aromatic carbocycles. The largest absolute Gasteiger partial charge is 0.493 e. The molecule has 0 fully saturated rings. The number of rotatable bonds is 2. The summed E-state index contributed by atoms with van der Waals surface area (Å²) in [5.41, 5.74) is 1.70. The van der Waals surface area contributed by atoms with Gasteiger partial charge in [0, 0.05) is 0 Å². The Balaban J connectivity index is 1.86. The Morgan fingerprint density at radius 1 is 1.41 bits per heavy atom. The molecule has 86 valence electrons. The zero-order valence-electron chi connectivity index (χ0n) is 9.22. The predicted molar refractivity (Wildman–Crippen MR) is 62.4 cm³/mol. The molecule has 0 saturated heterocycles. The molecule has 2 aromatic rings. The number of H-pyrrole nitrogens is 1. The van der Waals surface area contributed by atoms with E-state index in [1.165, 1.54) is 5.56 Å². The molecule has 4 nitrogen and oxygen atoms in total. The van der Waals surface area contributed by atoms with Crippen LogP contribution in [0.2, 0.25) is 0 Å². The molecule has 0 bridgehead atoms. The average Bonchev–Trinajstić information content (AvgIpc) is 2.87. The second-order valence-corrected chi connectivity index (χ2v) is 4.16. The standard InChI is InChI=1S/C13H12N2O2/c16-7-11-6-14-13(15-11)10-5-9-3-1-2-4-12(9)17-8-10/h1-4,6-7,10H,5,8H2,(H,14,15). The van der Waals surface area contributed by atoms with Gasteiger partial charge in [-0.3, -0.25) is 4.79 Å². The zero-order valence-corrected chi connectivity index (χ0v) is 9.22. The number of nitrogens with zero attached hydrogens (tertiary/aromatic N) is 1. The Kier molecular flexibility index (Phi) is 2.40. The van der Waals surface area contributed by atoms with E-state index in [2.05, 4.69) is 16.0 Å². The van der Waals surface area contributed by atoms with Crippen LogP contribution in [-0.4, -0.2) is 22.9 Å². The summed E-state index contributed by atoms with van der Waals surface area (Å²) in [6.45, 7) is 0.600. The molecule has 1 aliphatic rings. The number of nitrogens with one attached hydrogen (secondary N) is 1. The molecule has 1 aliphatic heterocycles. The maximum absolute atomic E-state index is 10.6. The van der Waals surface area contributed by atoms with Crippen LogP contribution < -0.4 is 4.74 Å². The SMILES string of the molecule is O=Cc1cnc(C2COc3ccccc3C2)[nH]1. The Morgan fingerprint density at radius 2 is 2.29 bits per heavy atom. The van der Waals surface area contributed by atoms with Gasteiger partial charge in [0.2, 0.25) is 0 Å². The van der Waals surface area contributed by atoms with Crippen molar-refractivity contribution in [2.75, 3.05) is 6.61 Å². The quantitative estimate of drug-likeness (QED) is 0.799. The number of para-hydroxylation sites is 1. The zero-order chi connectivity index (χ0) is 11.7. The summed E-state index contributed by atoms with van der Waals surface area (Å²) in [6.07, 6.45) is 3.22. The lowest BCUT2D eigenvalue weighted by atomic mass is 9.96. The smallest absolute Gasteiger partial charge is 0.167 e. The molecule has 4 heteroatoms. The van der Waals surface area contributed by atoms with E-state index in [1.54, 1.807) is 6.20 Å². The first-order chi connectivity index (χ1) is 8.36. The topological polar surface area (TPSA) is 55.0 Å². The molecule has 1 N–H and O–H groups in total. The first-order valence-corrected chi connectivity index (χ1v) is 5.57. The number of imidazole rings is 1. The second-order valence-electron chi connectivity index (χ2n) is 4.16. The minimum absolute atomic E-state index is 0.193. The molecule has 3 rings (SSSR count). The number of aromatic amines is 1. The van der Waals surface area contributed by atoms with Crippen LogP contribution in [0.3, 0.4) is 0 Å². The van der Waals surface area contributed by atoms with E-state index in [1.807, 2.05) is 18.2 Å². The van der Waals surface area contributed by atoms with Crippen LogP contribution in [0.5, 0.6) is 5.75 Å². The Labute approximate surface area is 98.6 Å². The van der Waals surface area contributed by atoms with Crippen LogP contribution in [0, 0.1) is 0 Å². The fraction of sp³-hybridized carbons (Fsp3) is 0.231. The van der Waals surface area contributed by atoms with Crippen LogP contribution in [0.25, 0.3) is 0 Å². The summed E-state index contributed by atoms with van der Waals surface area (Å²) in [6, 6.07) is 8.01. The Hall–Kier alpha value is -2.10. The number of benzene rings is 1. The summed E-state index contributed by atoms with van der Waals surface area (Å²) < 4.78 is 5.69. The van der Waals surface area contributed by atoms with Crippen molar-refractivity contribution < 1.29 is 9.53 Å². The molecule has 0 spiro atoms. The third-order valence-electron chi connectivity index (χ3n) is 3.01. The minimum Gasteiger partial charge on any atom is -0.493 e. The highest BCUT2D eigenvalue weighted by Crippen LogP contribution is 2.30. The van der Waals surface area contributed by atoms with Gasteiger partial charge < -0.3 is 9.72 Å². The number of aldehydes is 1. The summed E-state index contributed by atoms with van der Waals surface area (Å²) >= 11 is 0. The fourth-order valence-electron chi connectivity index (χ4n) is 2.12. The number of hydrogen-bond donors (Lipinski definition) is 1. The number of carbonyl (C=O) groups is 1. The van der Waals surface area contributed by atoms with Gasteiger partial charge in [0.1, 0.15) is 11.6 Å². The lowest BCUT2D eigenvalue weighted by Crippen LogP contribution is -2.20. The number of aromatic nitrogens is 2. The van der Waals surface area contributed by atoms with E-state index in [-0.39, 0.29) is 5.92 Å². The van der Waals surface area contributed by atoms with Crippen molar-refractivity contribution in [3.8, 4) is 5.75 Å². The van der Waals surface area contributed by atoms with Crippen molar-refractivity contribution in [3.63, 3.8) is 0 Å². The number of ether oxygens (including phenoxy) is 1. The predicted octanol–water partition coefficient (Wildman–Crippen LogP) is 1.94. The van der Waals surface area contributed by atoms with Crippen LogP contribution in [-0.2, 0) is 6.42 Å². The first-order valence-electron chi connectivity index (χ1n) is 5.57. The Bertz CT molecular complexity index is 548. The minimum atomic E-state index is 0.193. The first kappa shape index (κ1) is 10.1. The van der Waals surface area contributed by atoms with Gasteiger partial charge in [0.25, 0.3) is 0 Å². The molecule has 1 aromatic heterocycles. The lowest BCUT2D eigenvalue weighted by molar-refractivity contribution is 0.111. The van der Waals surface area contributed by atoms with Gasteiger partial charge in [0.15, 0.2) is 6.29 Å². The van der Waals surface area contributed by atoms with Gasteiger partial charge in [-0.25, -0.2) is 4.98 Å². The number of carbonyl (C=O) groups excluding carboxylic acids is 1. The molecule has 17 heavy (non-hydrogen) atoms. The molecule has 0 radical (unpaired) electrons. The van der Waals surface area contributed by atoms with Gasteiger partial charge in [-0.15, -0.1) is 0 Å². The van der Waals surface area contributed by atoms with Crippen molar-refractivity contribution >= 4 is 6.29 Å². The van der Waals surface area contributed by atoms with Gasteiger partial charge in [-0.1, -0.05) is 18.2 Å². The summed E-state index contributed by atoms with van der Waals surface area (Å²) in [4.78, 5) is 17.8. The van der Waals surface area contributed by atoms with Crippen molar-refractivity contribution in [2.45, 2.75) is 12.3 Å². The third-order valence-corrected chi connectivity index (χ3v) is 3.01. The van der Waals surface area contributed by atoms with E-state index < -0.39 is 0 Å². The third kappa shape index (κ3) is 1.82. The molecule has 0 amide bonds. The molecule has 1 unspecified atom stereocenters. The summed E-state index contributed by atoms with van der Waals surface area (Å²) in [5.74, 6) is 1.96. The molecule has 0 saturated carbocycles. The van der Waals surface area contributed by atoms with Crippen molar-refractivity contribution in [1.29, 1.82) is 0 Å². The van der Waals surface area contributed by atoms with Crippen molar-refractivity contribution in [1.82, 2.24) is 9.97 Å². The Morgan fingerprint density at radius 3 is 3.12 bits per heavy atom. The molecule has 2 heterocycles. The number of fused-ring (bicyclic) bond motifs is 1.